The zero-order valence-corrected chi connectivity index (χ0v) is 16.6. The van der Waals surface area contributed by atoms with E-state index in [1.807, 2.05) is 12.1 Å². The van der Waals surface area contributed by atoms with Crippen molar-refractivity contribution in [3.63, 3.8) is 0 Å². The van der Waals surface area contributed by atoms with Gasteiger partial charge in [0.15, 0.2) is 0 Å². The van der Waals surface area contributed by atoms with E-state index in [1.165, 1.54) is 75.9 Å². The van der Waals surface area contributed by atoms with Gasteiger partial charge in [0, 0.05) is 17.6 Å². The van der Waals surface area contributed by atoms with E-state index in [0.29, 0.717) is 11.6 Å². The fourth-order valence-electron chi connectivity index (χ4n) is 3.94. The Labute approximate surface area is 164 Å². The normalized spacial score (nSPS) is 25.0. The Balaban J connectivity index is 0.000000400. The highest BCUT2D eigenvalue weighted by molar-refractivity contribution is 7.18. The van der Waals surface area contributed by atoms with Gasteiger partial charge in [0.2, 0.25) is 0 Å². The molecule has 1 amide bonds. The number of amides is 1. The molecule has 6 heteroatoms. The summed E-state index contributed by atoms with van der Waals surface area (Å²) in [6.45, 7) is 2.53. The topological polar surface area (TPSA) is 65.5 Å². The van der Waals surface area contributed by atoms with E-state index in [-0.39, 0.29) is 0 Å². The number of nitrogens with one attached hydrogen (secondary N) is 1. The van der Waals surface area contributed by atoms with Gasteiger partial charge in [0.05, 0.1) is 15.2 Å². The summed E-state index contributed by atoms with van der Waals surface area (Å²) >= 11 is 1.71. The minimum Gasteiger partial charge on any atom is -0.465 e. The summed E-state index contributed by atoms with van der Waals surface area (Å²) in [7, 11) is 0. The summed E-state index contributed by atoms with van der Waals surface area (Å²) in [5, 5.41) is 12.4. The number of likely N-dealkylation sites (tertiary alicyclic amines) is 1. The first-order valence-electron chi connectivity index (χ1n) is 10.3. The van der Waals surface area contributed by atoms with Crippen LogP contribution in [0.5, 0.6) is 0 Å². The van der Waals surface area contributed by atoms with Crippen LogP contribution in [-0.2, 0) is 0 Å². The van der Waals surface area contributed by atoms with Crippen LogP contribution in [0.4, 0.5) is 10.5 Å². The summed E-state index contributed by atoms with van der Waals surface area (Å²) < 4.78 is 1.06. The lowest BCUT2D eigenvalue weighted by atomic mass is 9.79. The largest absolute Gasteiger partial charge is 0.465 e. The standard InChI is InChI=1S/C17H21N3O2S.C4H8/c21-17(22)18-12-4-5-14-15(10-12)23-16(19-14)11-8-13(9-11)20-6-2-1-3-7-20;1-2-4-3-1/h4-5,10-11,13,18H,1-3,6-9H2,(H,21,22);1-4H2/t11-,13-;. The molecule has 1 aromatic heterocycles. The van der Waals surface area contributed by atoms with Gasteiger partial charge in [-0.05, 0) is 57.0 Å². The van der Waals surface area contributed by atoms with E-state index in [1.54, 1.807) is 17.4 Å². The van der Waals surface area contributed by atoms with Gasteiger partial charge < -0.3 is 10.0 Å². The van der Waals surface area contributed by atoms with Gasteiger partial charge in [-0.25, -0.2) is 9.78 Å². The zero-order valence-electron chi connectivity index (χ0n) is 15.8. The van der Waals surface area contributed by atoms with Crippen molar-refractivity contribution in [3.8, 4) is 0 Å². The van der Waals surface area contributed by atoms with Crippen LogP contribution in [0.25, 0.3) is 10.2 Å². The third kappa shape index (κ3) is 4.61. The van der Waals surface area contributed by atoms with E-state index in [0.717, 1.165) is 16.3 Å². The zero-order chi connectivity index (χ0) is 18.6. The molecule has 1 saturated heterocycles. The molecule has 1 aromatic carbocycles. The number of anilines is 1. The van der Waals surface area contributed by atoms with E-state index >= 15 is 0 Å². The average molecular weight is 388 g/mol. The Kier molecular flexibility index (Phi) is 5.93. The summed E-state index contributed by atoms with van der Waals surface area (Å²) in [6.07, 6.45) is 11.5. The summed E-state index contributed by atoms with van der Waals surface area (Å²) in [4.78, 5) is 18.1. The molecule has 3 fully saturated rings. The Hall–Kier alpha value is -1.66. The van der Waals surface area contributed by atoms with Gasteiger partial charge in [-0.2, -0.15) is 0 Å². The molecule has 0 spiro atoms. The maximum atomic E-state index is 10.7. The van der Waals surface area contributed by atoms with Gasteiger partial charge in [0.25, 0.3) is 0 Å². The molecule has 0 bridgehead atoms. The number of nitrogens with zero attached hydrogens (tertiary/aromatic N) is 2. The number of aromatic nitrogens is 1. The first kappa shape index (κ1) is 18.7. The molecule has 27 heavy (non-hydrogen) atoms. The molecule has 2 aromatic rings. The highest BCUT2D eigenvalue weighted by Gasteiger charge is 2.36. The highest BCUT2D eigenvalue weighted by Crippen LogP contribution is 2.43. The van der Waals surface area contributed by atoms with E-state index < -0.39 is 6.09 Å². The third-order valence-corrected chi connectivity index (χ3v) is 7.21. The molecule has 2 N–H and O–H groups in total. The Bertz CT molecular complexity index is 771. The maximum absolute atomic E-state index is 10.7. The van der Waals surface area contributed by atoms with E-state index in [9.17, 15) is 4.79 Å². The molecule has 2 aliphatic carbocycles. The number of rotatable bonds is 3. The first-order chi connectivity index (χ1) is 13.2. The molecule has 2 heterocycles. The first-order valence-corrected chi connectivity index (χ1v) is 11.2. The Morgan fingerprint density at radius 3 is 2.37 bits per heavy atom. The van der Waals surface area contributed by atoms with Gasteiger partial charge in [-0.15, -0.1) is 11.3 Å². The number of thiazole rings is 1. The molecule has 3 aliphatic rings. The minimum atomic E-state index is -1.03. The van der Waals surface area contributed by atoms with Gasteiger partial charge >= 0.3 is 6.09 Å². The lowest BCUT2D eigenvalue weighted by Gasteiger charge is -2.43. The Morgan fingerprint density at radius 1 is 1.07 bits per heavy atom. The second kappa shape index (κ2) is 8.57. The van der Waals surface area contributed by atoms with Crippen molar-refractivity contribution in [2.75, 3.05) is 18.4 Å². The maximum Gasteiger partial charge on any atom is 0.409 e. The fraction of sp³-hybridized carbons (Fsp3) is 0.619. The van der Waals surface area contributed by atoms with Crippen LogP contribution in [0.2, 0.25) is 0 Å². The van der Waals surface area contributed by atoms with Crippen LogP contribution in [0.15, 0.2) is 18.2 Å². The number of piperidine rings is 1. The second-order valence-electron chi connectivity index (χ2n) is 8.00. The van der Waals surface area contributed by atoms with E-state index in [2.05, 4.69) is 10.2 Å². The second-order valence-corrected chi connectivity index (χ2v) is 9.06. The fourth-order valence-corrected chi connectivity index (χ4v) is 5.07. The number of hydrogen-bond donors (Lipinski definition) is 2. The summed E-state index contributed by atoms with van der Waals surface area (Å²) in [5.74, 6) is 0.579. The van der Waals surface area contributed by atoms with Crippen molar-refractivity contribution in [1.29, 1.82) is 0 Å². The SMILES string of the molecule is C1CCC1.O=C(O)Nc1ccc2nc([C@H]3C[C@H](N4CCCCC4)C3)sc2c1. The van der Waals surface area contributed by atoms with Crippen LogP contribution in [0, 0.1) is 0 Å². The minimum absolute atomic E-state index is 0.579. The summed E-state index contributed by atoms with van der Waals surface area (Å²) in [5.41, 5.74) is 1.59. The Morgan fingerprint density at radius 2 is 1.74 bits per heavy atom. The van der Waals surface area contributed by atoms with Crippen LogP contribution in [0.3, 0.4) is 0 Å². The molecule has 146 valence electrons. The smallest absolute Gasteiger partial charge is 0.409 e. The molecule has 0 atom stereocenters. The molecule has 1 aliphatic heterocycles. The molecular weight excluding hydrogens is 358 g/mol. The van der Waals surface area contributed by atoms with Crippen molar-refractivity contribution < 1.29 is 9.90 Å². The molecule has 0 unspecified atom stereocenters. The lowest BCUT2D eigenvalue weighted by Crippen LogP contribution is -2.46. The predicted octanol–water partition coefficient (Wildman–Crippen LogP) is 5.68. The number of fused-ring (bicyclic) bond motifs is 1. The van der Waals surface area contributed by atoms with Crippen molar-refractivity contribution >= 4 is 33.3 Å². The highest BCUT2D eigenvalue weighted by atomic mass is 32.1. The van der Waals surface area contributed by atoms with Gasteiger partial charge in [0.1, 0.15) is 0 Å². The van der Waals surface area contributed by atoms with Crippen molar-refractivity contribution in [2.45, 2.75) is 69.7 Å². The van der Waals surface area contributed by atoms with Gasteiger partial charge in [-0.1, -0.05) is 32.1 Å². The quantitative estimate of drug-likeness (QED) is 0.711. The molecule has 5 nitrogen and oxygen atoms in total. The monoisotopic (exact) mass is 387 g/mol. The molecule has 5 rings (SSSR count). The van der Waals surface area contributed by atoms with Gasteiger partial charge in [-0.3, -0.25) is 5.32 Å². The molecule has 2 saturated carbocycles. The van der Waals surface area contributed by atoms with Crippen molar-refractivity contribution in [1.82, 2.24) is 9.88 Å². The van der Waals surface area contributed by atoms with Crippen molar-refractivity contribution in [3.05, 3.63) is 23.2 Å². The van der Waals surface area contributed by atoms with Crippen LogP contribution in [-0.4, -0.2) is 40.2 Å². The lowest BCUT2D eigenvalue weighted by molar-refractivity contribution is 0.0888. The van der Waals surface area contributed by atoms with E-state index in [4.69, 9.17) is 10.1 Å². The van der Waals surface area contributed by atoms with Crippen LogP contribution >= 0.6 is 11.3 Å². The number of carbonyl (C=O) groups is 1. The third-order valence-electron chi connectivity index (χ3n) is 6.03. The molecule has 0 radical (unpaired) electrons. The predicted molar refractivity (Wildman–Crippen MR) is 111 cm³/mol. The summed E-state index contributed by atoms with van der Waals surface area (Å²) in [6, 6.07) is 6.31. The van der Waals surface area contributed by atoms with Crippen LogP contribution in [0.1, 0.15) is 68.7 Å². The average Bonchev–Trinajstić information content (AvgIpc) is 2.95. The molecular formula is C21H29N3O2S. The number of benzene rings is 1. The number of hydrogen-bond acceptors (Lipinski definition) is 4. The number of carboxylic acid groups (broad SMARTS) is 1. The van der Waals surface area contributed by atoms with Crippen LogP contribution < -0.4 is 5.32 Å². The van der Waals surface area contributed by atoms with Crippen molar-refractivity contribution in [2.24, 2.45) is 0 Å².